The van der Waals surface area contributed by atoms with Crippen molar-refractivity contribution < 1.29 is 13.6 Å². The third kappa shape index (κ3) is 3.44. The van der Waals surface area contributed by atoms with Gasteiger partial charge < -0.3 is 4.90 Å². The molecule has 1 amide bonds. The first-order chi connectivity index (χ1) is 8.97. The highest BCUT2D eigenvalue weighted by atomic mass is 35.5. The quantitative estimate of drug-likeness (QED) is 0.780. The van der Waals surface area contributed by atoms with Crippen molar-refractivity contribution in [3.05, 3.63) is 35.4 Å². The minimum Gasteiger partial charge on any atom is -0.345 e. The molecular formula is C14H16ClF2NO. The molecule has 0 heterocycles. The fourth-order valence-electron chi connectivity index (χ4n) is 2.28. The number of hydrogen-bond donors (Lipinski definition) is 0. The summed E-state index contributed by atoms with van der Waals surface area (Å²) in [4.78, 5) is 13.5. The topological polar surface area (TPSA) is 20.3 Å². The number of amides is 1. The van der Waals surface area contributed by atoms with Gasteiger partial charge in [0.15, 0.2) is 11.6 Å². The molecule has 1 aliphatic rings. The maximum absolute atomic E-state index is 13.5. The number of carbonyl (C=O) groups is 1. The molecule has 2 rings (SSSR count). The Morgan fingerprint density at radius 1 is 1.42 bits per heavy atom. The van der Waals surface area contributed by atoms with E-state index in [9.17, 15) is 13.6 Å². The van der Waals surface area contributed by atoms with Gasteiger partial charge >= 0.3 is 0 Å². The number of carbonyl (C=O) groups excluding carboxylic acids is 1. The number of likely N-dealkylation sites (N-methyl/N-ethyl adjacent to an activating group) is 1. The van der Waals surface area contributed by atoms with Crippen LogP contribution in [-0.2, 0) is 11.2 Å². The molecule has 0 saturated heterocycles. The van der Waals surface area contributed by atoms with Gasteiger partial charge in [0.2, 0.25) is 5.91 Å². The van der Waals surface area contributed by atoms with E-state index in [1.165, 1.54) is 12.1 Å². The van der Waals surface area contributed by atoms with E-state index in [0.717, 1.165) is 18.9 Å². The van der Waals surface area contributed by atoms with E-state index >= 15 is 0 Å². The Labute approximate surface area is 116 Å². The molecule has 1 aromatic rings. The zero-order valence-corrected chi connectivity index (χ0v) is 11.5. The minimum absolute atomic E-state index is 0.0979. The third-order valence-corrected chi connectivity index (χ3v) is 3.87. The van der Waals surface area contributed by atoms with Crippen molar-refractivity contribution in [1.82, 2.24) is 4.90 Å². The molecule has 1 aliphatic carbocycles. The van der Waals surface area contributed by atoms with Gasteiger partial charge in [-0.15, -0.1) is 11.6 Å². The van der Waals surface area contributed by atoms with Crippen molar-refractivity contribution in [3.8, 4) is 0 Å². The zero-order chi connectivity index (χ0) is 14.0. The lowest BCUT2D eigenvalue weighted by molar-refractivity contribution is -0.130. The summed E-state index contributed by atoms with van der Waals surface area (Å²) in [6, 6.07) is 3.88. The van der Waals surface area contributed by atoms with Gasteiger partial charge in [-0.3, -0.25) is 4.79 Å². The van der Waals surface area contributed by atoms with Crippen molar-refractivity contribution in [2.75, 3.05) is 13.6 Å². The van der Waals surface area contributed by atoms with Crippen LogP contribution in [0.25, 0.3) is 0 Å². The maximum atomic E-state index is 13.5. The van der Waals surface area contributed by atoms with E-state index in [0.29, 0.717) is 12.5 Å². The molecule has 0 aliphatic heterocycles. The highest BCUT2D eigenvalue weighted by molar-refractivity contribution is 6.21. The van der Waals surface area contributed by atoms with E-state index in [1.807, 2.05) is 0 Å². The van der Waals surface area contributed by atoms with Gasteiger partial charge in [-0.1, -0.05) is 12.1 Å². The SMILES string of the molecule is CN(CC1CC(Cl)C1)C(=O)Cc1cccc(F)c1F. The first-order valence-corrected chi connectivity index (χ1v) is 6.72. The van der Waals surface area contributed by atoms with Crippen LogP contribution >= 0.6 is 11.6 Å². The molecule has 0 N–H and O–H groups in total. The van der Waals surface area contributed by atoms with Crippen LogP contribution in [0.4, 0.5) is 8.78 Å². The first-order valence-electron chi connectivity index (χ1n) is 6.28. The Balaban J connectivity index is 1.91. The molecule has 5 heteroatoms. The van der Waals surface area contributed by atoms with Gasteiger partial charge in [-0.2, -0.15) is 0 Å². The molecule has 0 bridgehead atoms. The largest absolute Gasteiger partial charge is 0.345 e. The Morgan fingerprint density at radius 3 is 2.74 bits per heavy atom. The van der Waals surface area contributed by atoms with Gasteiger partial charge in [-0.25, -0.2) is 8.78 Å². The molecular weight excluding hydrogens is 272 g/mol. The van der Waals surface area contributed by atoms with Crippen LogP contribution in [0, 0.1) is 17.6 Å². The second-order valence-electron chi connectivity index (χ2n) is 5.10. The Bertz CT molecular complexity index is 475. The maximum Gasteiger partial charge on any atom is 0.226 e. The van der Waals surface area contributed by atoms with Gasteiger partial charge in [0.05, 0.1) is 6.42 Å². The standard InChI is InChI=1S/C14H16ClF2NO/c1-18(8-9-5-11(15)6-9)13(19)7-10-3-2-4-12(16)14(10)17/h2-4,9,11H,5-8H2,1H3. The number of rotatable bonds is 4. The number of benzene rings is 1. The lowest BCUT2D eigenvalue weighted by Gasteiger charge is -2.34. The summed E-state index contributed by atoms with van der Waals surface area (Å²) < 4.78 is 26.5. The summed E-state index contributed by atoms with van der Waals surface area (Å²) in [5.41, 5.74) is 0.0979. The molecule has 104 valence electrons. The van der Waals surface area contributed by atoms with Crippen LogP contribution in [0.5, 0.6) is 0 Å². The molecule has 0 spiro atoms. The Kier molecular flexibility index (Phi) is 4.40. The fourth-order valence-corrected chi connectivity index (χ4v) is 2.78. The lowest BCUT2D eigenvalue weighted by Crippen LogP contribution is -2.38. The normalized spacial score (nSPS) is 21.9. The zero-order valence-electron chi connectivity index (χ0n) is 10.7. The Hall–Kier alpha value is -1.16. The predicted octanol–water partition coefficient (Wildman–Crippen LogP) is 2.98. The van der Waals surface area contributed by atoms with Gasteiger partial charge in [-0.05, 0) is 24.8 Å². The first kappa shape index (κ1) is 14.3. The van der Waals surface area contributed by atoms with Crippen LogP contribution in [0.15, 0.2) is 18.2 Å². The van der Waals surface area contributed by atoms with Crippen LogP contribution in [-0.4, -0.2) is 29.8 Å². The lowest BCUT2D eigenvalue weighted by atomic mass is 9.84. The molecule has 0 unspecified atom stereocenters. The van der Waals surface area contributed by atoms with Gasteiger partial charge in [0, 0.05) is 24.5 Å². The fraction of sp³-hybridized carbons (Fsp3) is 0.500. The second kappa shape index (κ2) is 5.87. The van der Waals surface area contributed by atoms with E-state index in [2.05, 4.69) is 0 Å². The summed E-state index contributed by atoms with van der Waals surface area (Å²) in [7, 11) is 1.68. The smallest absolute Gasteiger partial charge is 0.226 e. The Morgan fingerprint density at radius 2 is 2.11 bits per heavy atom. The van der Waals surface area contributed by atoms with Crippen molar-refractivity contribution >= 4 is 17.5 Å². The number of halogens is 3. The van der Waals surface area contributed by atoms with Gasteiger partial charge in [0.1, 0.15) is 0 Å². The van der Waals surface area contributed by atoms with Crippen LogP contribution in [0.1, 0.15) is 18.4 Å². The van der Waals surface area contributed by atoms with Gasteiger partial charge in [0.25, 0.3) is 0 Å². The molecule has 0 atom stereocenters. The van der Waals surface area contributed by atoms with Crippen molar-refractivity contribution in [3.63, 3.8) is 0 Å². The van der Waals surface area contributed by atoms with E-state index in [4.69, 9.17) is 11.6 Å². The van der Waals surface area contributed by atoms with Crippen molar-refractivity contribution in [2.45, 2.75) is 24.6 Å². The second-order valence-corrected chi connectivity index (χ2v) is 5.72. The minimum atomic E-state index is -0.936. The predicted molar refractivity (Wildman–Crippen MR) is 70.1 cm³/mol. The molecule has 1 saturated carbocycles. The summed E-state index contributed by atoms with van der Waals surface area (Å²) in [6.07, 6.45) is 1.71. The van der Waals surface area contributed by atoms with Crippen LogP contribution < -0.4 is 0 Å². The number of hydrogen-bond acceptors (Lipinski definition) is 1. The summed E-state index contributed by atoms with van der Waals surface area (Å²) in [6.45, 7) is 0.624. The molecule has 0 aromatic heterocycles. The molecule has 2 nitrogen and oxygen atoms in total. The average Bonchev–Trinajstić information content (AvgIpc) is 2.33. The number of nitrogens with zero attached hydrogens (tertiary/aromatic N) is 1. The number of alkyl halides is 1. The monoisotopic (exact) mass is 287 g/mol. The molecule has 0 radical (unpaired) electrons. The summed E-state index contributed by atoms with van der Waals surface area (Å²) in [5.74, 6) is -1.64. The summed E-state index contributed by atoms with van der Waals surface area (Å²) in [5, 5.41) is 0.217. The van der Waals surface area contributed by atoms with E-state index < -0.39 is 11.6 Å². The highest BCUT2D eigenvalue weighted by Crippen LogP contribution is 2.32. The van der Waals surface area contributed by atoms with E-state index in [-0.39, 0.29) is 23.3 Å². The van der Waals surface area contributed by atoms with Crippen LogP contribution in [0.3, 0.4) is 0 Å². The third-order valence-electron chi connectivity index (χ3n) is 3.51. The molecule has 1 aromatic carbocycles. The van der Waals surface area contributed by atoms with Crippen molar-refractivity contribution in [1.29, 1.82) is 0 Å². The van der Waals surface area contributed by atoms with E-state index in [1.54, 1.807) is 11.9 Å². The molecule has 19 heavy (non-hydrogen) atoms. The molecule has 1 fully saturated rings. The summed E-state index contributed by atoms with van der Waals surface area (Å²) >= 11 is 5.88. The highest BCUT2D eigenvalue weighted by Gasteiger charge is 2.29. The van der Waals surface area contributed by atoms with Crippen LogP contribution in [0.2, 0.25) is 0 Å². The average molecular weight is 288 g/mol. The van der Waals surface area contributed by atoms with Crippen molar-refractivity contribution in [2.24, 2.45) is 5.92 Å².